The SMILES string of the molecule is CN=C(NCc1ccc(C(N)=O)o1)NC1CCN(CC(C)C)CC1.I. The van der Waals surface area contributed by atoms with Crippen LogP contribution in [0.5, 0.6) is 0 Å². The smallest absolute Gasteiger partial charge is 0.284 e. The maximum Gasteiger partial charge on any atom is 0.284 e. The molecule has 0 aliphatic carbocycles. The summed E-state index contributed by atoms with van der Waals surface area (Å²) in [5.74, 6) is 1.72. The van der Waals surface area contributed by atoms with Gasteiger partial charge in [-0.05, 0) is 30.9 Å². The van der Waals surface area contributed by atoms with Crippen molar-refractivity contribution in [1.29, 1.82) is 0 Å². The minimum atomic E-state index is -0.558. The Hall–Kier alpha value is -1.29. The Kier molecular flexibility index (Phi) is 9.26. The fourth-order valence-corrected chi connectivity index (χ4v) is 2.94. The minimum absolute atomic E-state index is 0. The third-order valence-electron chi connectivity index (χ3n) is 4.11. The van der Waals surface area contributed by atoms with Gasteiger partial charge in [-0.15, -0.1) is 24.0 Å². The zero-order valence-electron chi connectivity index (χ0n) is 15.2. The van der Waals surface area contributed by atoms with Gasteiger partial charge in [0.2, 0.25) is 0 Å². The number of primary amides is 1. The van der Waals surface area contributed by atoms with Crippen LogP contribution in [0, 0.1) is 5.92 Å². The summed E-state index contributed by atoms with van der Waals surface area (Å²) >= 11 is 0. The molecular formula is C17H30IN5O2. The number of hydrogen-bond acceptors (Lipinski definition) is 4. The van der Waals surface area contributed by atoms with Crippen LogP contribution in [-0.4, -0.2) is 49.5 Å². The molecule has 1 aromatic heterocycles. The third kappa shape index (κ3) is 7.23. The van der Waals surface area contributed by atoms with Crippen LogP contribution in [0.4, 0.5) is 0 Å². The monoisotopic (exact) mass is 463 g/mol. The van der Waals surface area contributed by atoms with Gasteiger partial charge in [-0.2, -0.15) is 0 Å². The molecule has 1 aromatic rings. The molecule has 1 saturated heterocycles. The number of piperidine rings is 1. The summed E-state index contributed by atoms with van der Waals surface area (Å²) in [6, 6.07) is 3.75. The van der Waals surface area contributed by atoms with E-state index < -0.39 is 5.91 Å². The lowest BCUT2D eigenvalue weighted by Gasteiger charge is -2.33. The Morgan fingerprint density at radius 2 is 2.08 bits per heavy atom. The molecule has 2 rings (SSSR count). The predicted molar refractivity (Wildman–Crippen MR) is 110 cm³/mol. The lowest BCUT2D eigenvalue weighted by molar-refractivity contribution is 0.0972. The van der Waals surface area contributed by atoms with E-state index in [-0.39, 0.29) is 29.7 Å². The molecule has 1 amide bonds. The summed E-state index contributed by atoms with van der Waals surface area (Å²) in [6.45, 7) is 8.38. The highest BCUT2D eigenvalue weighted by atomic mass is 127. The average molecular weight is 463 g/mol. The number of nitrogens with zero attached hydrogens (tertiary/aromatic N) is 2. The van der Waals surface area contributed by atoms with Gasteiger partial charge in [-0.25, -0.2) is 0 Å². The molecule has 0 radical (unpaired) electrons. The van der Waals surface area contributed by atoms with E-state index >= 15 is 0 Å². The molecule has 0 atom stereocenters. The van der Waals surface area contributed by atoms with Crippen molar-refractivity contribution in [2.75, 3.05) is 26.7 Å². The quantitative estimate of drug-likeness (QED) is 0.340. The predicted octanol–water partition coefficient (Wildman–Crippen LogP) is 1.78. The number of nitrogens with one attached hydrogen (secondary N) is 2. The normalized spacial score (nSPS) is 16.6. The summed E-state index contributed by atoms with van der Waals surface area (Å²) in [6.07, 6.45) is 2.22. The fourth-order valence-electron chi connectivity index (χ4n) is 2.94. The maximum absolute atomic E-state index is 11.0. The van der Waals surface area contributed by atoms with Crippen molar-refractivity contribution in [3.8, 4) is 0 Å². The summed E-state index contributed by atoms with van der Waals surface area (Å²) in [7, 11) is 1.75. The van der Waals surface area contributed by atoms with Gasteiger partial charge in [0.05, 0.1) is 6.54 Å². The fraction of sp³-hybridized carbons (Fsp3) is 0.647. The Morgan fingerprint density at radius 1 is 1.40 bits per heavy atom. The van der Waals surface area contributed by atoms with Gasteiger partial charge in [0.25, 0.3) is 5.91 Å². The summed E-state index contributed by atoms with van der Waals surface area (Å²) in [4.78, 5) is 17.8. The number of guanidine groups is 1. The molecule has 0 saturated carbocycles. The number of hydrogen-bond donors (Lipinski definition) is 3. The van der Waals surface area contributed by atoms with Gasteiger partial charge in [0, 0.05) is 32.7 Å². The summed E-state index contributed by atoms with van der Waals surface area (Å²) < 4.78 is 5.35. The second-order valence-electron chi connectivity index (χ2n) is 6.67. The molecule has 0 unspecified atom stereocenters. The average Bonchev–Trinajstić information content (AvgIpc) is 3.02. The molecule has 25 heavy (non-hydrogen) atoms. The molecule has 7 nitrogen and oxygen atoms in total. The number of halogens is 1. The Balaban J connectivity index is 0.00000312. The van der Waals surface area contributed by atoms with E-state index in [4.69, 9.17) is 10.2 Å². The van der Waals surface area contributed by atoms with Crippen LogP contribution < -0.4 is 16.4 Å². The topological polar surface area (TPSA) is 95.9 Å². The highest BCUT2D eigenvalue weighted by Gasteiger charge is 2.20. The molecule has 1 aliphatic heterocycles. The maximum atomic E-state index is 11.0. The van der Waals surface area contributed by atoms with Crippen molar-refractivity contribution in [2.24, 2.45) is 16.6 Å². The Labute approximate surface area is 166 Å². The van der Waals surface area contributed by atoms with E-state index in [0.717, 1.165) is 31.9 Å². The van der Waals surface area contributed by atoms with Crippen molar-refractivity contribution in [2.45, 2.75) is 39.3 Å². The first kappa shape index (κ1) is 21.8. The number of nitrogens with two attached hydrogens (primary N) is 1. The van der Waals surface area contributed by atoms with E-state index in [1.165, 1.54) is 6.54 Å². The summed E-state index contributed by atoms with van der Waals surface area (Å²) in [5, 5.41) is 6.67. The van der Waals surface area contributed by atoms with E-state index in [1.807, 2.05) is 0 Å². The van der Waals surface area contributed by atoms with Crippen molar-refractivity contribution in [1.82, 2.24) is 15.5 Å². The van der Waals surface area contributed by atoms with Crippen molar-refractivity contribution < 1.29 is 9.21 Å². The number of likely N-dealkylation sites (tertiary alicyclic amines) is 1. The largest absolute Gasteiger partial charge is 0.454 e. The van der Waals surface area contributed by atoms with Crippen LogP contribution in [0.3, 0.4) is 0 Å². The second kappa shape index (κ2) is 10.6. The molecule has 0 bridgehead atoms. The number of carbonyl (C=O) groups excluding carboxylic acids is 1. The van der Waals surface area contributed by atoms with Gasteiger partial charge in [-0.3, -0.25) is 9.79 Å². The molecule has 8 heteroatoms. The first-order chi connectivity index (χ1) is 11.5. The molecule has 4 N–H and O–H groups in total. The second-order valence-corrected chi connectivity index (χ2v) is 6.67. The summed E-state index contributed by atoms with van der Waals surface area (Å²) in [5.41, 5.74) is 5.18. The first-order valence-electron chi connectivity index (χ1n) is 8.56. The van der Waals surface area contributed by atoms with Gasteiger partial charge < -0.3 is 25.7 Å². The van der Waals surface area contributed by atoms with Crippen molar-refractivity contribution in [3.63, 3.8) is 0 Å². The zero-order valence-corrected chi connectivity index (χ0v) is 17.6. The van der Waals surface area contributed by atoms with E-state index in [0.29, 0.717) is 24.3 Å². The van der Waals surface area contributed by atoms with Crippen LogP contribution in [0.2, 0.25) is 0 Å². The molecule has 1 fully saturated rings. The molecule has 0 spiro atoms. The Morgan fingerprint density at radius 3 is 2.60 bits per heavy atom. The number of amides is 1. The molecular weight excluding hydrogens is 433 g/mol. The molecule has 0 aromatic carbocycles. The van der Waals surface area contributed by atoms with Crippen LogP contribution in [0.25, 0.3) is 0 Å². The van der Waals surface area contributed by atoms with Crippen LogP contribution in [-0.2, 0) is 6.54 Å². The Bertz CT molecular complexity index is 565. The van der Waals surface area contributed by atoms with Crippen molar-refractivity contribution in [3.05, 3.63) is 23.7 Å². The molecule has 2 heterocycles. The standard InChI is InChI=1S/C17H29N5O2.HI/c1-12(2)11-22-8-6-13(7-9-22)21-17(19-3)20-10-14-4-5-15(24-14)16(18)23;/h4-5,12-13H,6-11H2,1-3H3,(H2,18,23)(H2,19,20,21);1H. The highest BCUT2D eigenvalue weighted by Crippen LogP contribution is 2.12. The van der Waals surface area contributed by atoms with Gasteiger partial charge in [-0.1, -0.05) is 13.8 Å². The number of rotatable bonds is 6. The first-order valence-corrected chi connectivity index (χ1v) is 8.56. The van der Waals surface area contributed by atoms with E-state index in [9.17, 15) is 4.79 Å². The lowest BCUT2D eigenvalue weighted by atomic mass is 10.0. The van der Waals surface area contributed by atoms with Gasteiger partial charge >= 0.3 is 0 Å². The van der Waals surface area contributed by atoms with Gasteiger partial charge in [0.1, 0.15) is 5.76 Å². The van der Waals surface area contributed by atoms with E-state index in [1.54, 1.807) is 19.2 Å². The zero-order chi connectivity index (χ0) is 17.5. The number of aliphatic imine (C=N–C) groups is 1. The minimum Gasteiger partial charge on any atom is -0.454 e. The van der Waals surface area contributed by atoms with E-state index in [2.05, 4.69) is 34.4 Å². The number of carbonyl (C=O) groups is 1. The van der Waals surface area contributed by atoms with Crippen LogP contribution in [0.1, 0.15) is 43.0 Å². The molecule has 142 valence electrons. The molecule has 1 aliphatic rings. The number of furan rings is 1. The highest BCUT2D eigenvalue weighted by molar-refractivity contribution is 14.0. The lowest BCUT2D eigenvalue weighted by Crippen LogP contribution is -2.48. The van der Waals surface area contributed by atoms with Gasteiger partial charge in [0.15, 0.2) is 11.7 Å². The van der Waals surface area contributed by atoms with Crippen LogP contribution in [0.15, 0.2) is 21.5 Å². The van der Waals surface area contributed by atoms with Crippen molar-refractivity contribution >= 4 is 35.8 Å². The third-order valence-corrected chi connectivity index (χ3v) is 4.11. The van der Waals surface area contributed by atoms with Crippen LogP contribution >= 0.6 is 24.0 Å².